The summed E-state index contributed by atoms with van der Waals surface area (Å²) in [4.78, 5) is 37.4. The van der Waals surface area contributed by atoms with Crippen LogP contribution in [-0.4, -0.2) is 59.9 Å². The second-order valence-corrected chi connectivity index (χ2v) is 10.2. The summed E-state index contributed by atoms with van der Waals surface area (Å²) in [5, 5.41) is 5.51. The van der Waals surface area contributed by atoms with Gasteiger partial charge in [0, 0.05) is 72.7 Å². The maximum absolute atomic E-state index is 15.4. The number of halogens is 2. The molecule has 6 rings (SSSR count). The van der Waals surface area contributed by atoms with Crippen molar-refractivity contribution in [2.75, 3.05) is 43.4 Å². The molecule has 4 aromatic rings. The third-order valence-electron chi connectivity index (χ3n) is 7.45. The van der Waals surface area contributed by atoms with E-state index in [4.69, 9.17) is 0 Å². The van der Waals surface area contributed by atoms with Gasteiger partial charge in [-0.15, -0.1) is 0 Å². The Hall–Kier alpha value is -4.57. The molecule has 40 heavy (non-hydrogen) atoms. The molecule has 2 amide bonds. The number of aromatic nitrogens is 2. The molecule has 2 aliphatic rings. The molecular weight excluding hydrogens is 514 g/mol. The van der Waals surface area contributed by atoms with Gasteiger partial charge in [-0.05, 0) is 67.6 Å². The summed E-state index contributed by atoms with van der Waals surface area (Å²) in [6.45, 7) is 5.32. The van der Waals surface area contributed by atoms with Gasteiger partial charge in [-0.1, -0.05) is 6.07 Å². The van der Waals surface area contributed by atoms with Gasteiger partial charge in [0.1, 0.15) is 17.5 Å². The molecule has 3 heterocycles. The maximum atomic E-state index is 15.4. The molecule has 0 unspecified atom stereocenters. The Morgan fingerprint density at radius 2 is 1.73 bits per heavy atom. The number of benzene rings is 3. The van der Waals surface area contributed by atoms with E-state index in [0.717, 1.165) is 31.9 Å². The highest BCUT2D eigenvalue weighted by Crippen LogP contribution is 2.37. The third-order valence-corrected chi connectivity index (χ3v) is 7.45. The first-order valence-electron chi connectivity index (χ1n) is 13.1. The fourth-order valence-corrected chi connectivity index (χ4v) is 5.31. The van der Waals surface area contributed by atoms with Crippen LogP contribution in [0.3, 0.4) is 0 Å². The number of fused-ring (bicyclic) bond motifs is 1. The van der Waals surface area contributed by atoms with Gasteiger partial charge in [0.05, 0.1) is 5.56 Å². The maximum Gasteiger partial charge on any atom is 0.255 e. The van der Waals surface area contributed by atoms with Crippen molar-refractivity contribution >= 4 is 23.2 Å². The van der Waals surface area contributed by atoms with E-state index >= 15 is 4.39 Å². The number of aryl methyl sites for hydroxylation is 1. The van der Waals surface area contributed by atoms with Crippen LogP contribution in [0.2, 0.25) is 0 Å². The van der Waals surface area contributed by atoms with Crippen LogP contribution in [0, 0.1) is 18.6 Å². The van der Waals surface area contributed by atoms with Crippen LogP contribution in [0.5, 0.6) is 0 Å². The zero-order valence-electron chi connectivity index (χ0n) is 22.1. The molecule has 2 aliphatic heterocycles. The van der Waals surface area contributed by atoms with Crippen molar-refractivity contribution in [3.63, 3.8) is 0 Å². The van der Waals surface area contributed by atoms with Crippen LogP contribution < -0.4 is 15.5 Å². The van der Waals surface area contributed by atoms with Crippen LogP contribution in [0.1, 0.15) is 32.0 Å². The first-order chi connectivity index (χ1) is 19.3. The second-order valence-electron chi connectivity index (χ2n) is 10.2. The molecule has 1 saturated heterocycles. The Kier molecular flexibility index (Phi) is 6.55. The number of hydrogen-bond acceptors (Lipinski definition) is 5. The van der Waals surface area contributed by atoms with Crippen molar-refractivity contribution in [1.82, 2.24) is 20.2 Å². The number of piperazine rings is 1. The largest absolute Gasteiger partial charge is 0.369 e. The zero-order valence-corrected chi connectivity index (χ0v) is 22.1. The van der Waals surface area contributed by atoms with Crippen LogP contribution in [0.15, 0.2) is 54.7 Å². The van der Waals surface area contributed by atoms with Gasteiger partial charge in [0.2, 0.25) is 0 Å². The highest BCUT2D eigenvalue weighted by Gasteiger charge is 2.28. The topological polar surface area (TPSA) is 93.4 Å². The fraction of sp³-hybridized carbons (Fsp3) is 0.233. The summed E-state index contributed by atoms with van der Waals surface area (Å²) in [7, 11) is 2.03. The van der Waals surface area contributed by atoms with Crippen LogP contribution in [0.4, 0.5) is 20.2 Å². The predicted molar refractivity (Wildman–Crippen MR) is 149 cm³/mol. The molecule has 3 aromatic carbocycles. The smallest absolute Gasteiger partial charge is 0.255 e. The number of hydrogen-bond donors (Lipinski definition) is 3. The molecule has 3 N–H and O–H groups in total. The zero-order chi connectivity index (χ0) is 28.0. The van der Waals surface area contributed by atoms with Crippen LogP contribution >= 0.6 is 0 Å². The number of amides is 2. The number of anilines is 2. The molecule has 0 saturated carbocycles. The summed E-state index contributed by atoms with van der Waals surface area (Å²) in [5.74, 6) is -1.26. The number of likely N-dealkylation sites (N-methyl/N-ethyl adjacent to an activating group) is 1. The summed E-state index contributed by atoms with van der Waals surface area (Å²) < 4.78 is 29.9. The Morgan fingerprint density at radius 1 is 0.975 bits per heavy atom. The van der Waals surface area contributed by atoms with E-state index < -0.39 is 17.5 Å². The molecular formula is C30H28F2N6O2. The standard InChI is InChI=1S/C30H28F2N6O2/c1-17-15-33-28(35-17)24-6-5-22(25-16-34-30(40)27(24)25)23-4-3-20(14-26(23)32)36-29(39)18-11-19(31)13-21(12-18)38-9-7-37(2)8-10-38/h3-6,11-15H,7-10,16H2,1-2H3,(H,33,35)(H,34,40)(H,36,39). The quantitative estimate of drug-likeness (QED) is 0.343. The minimum absolute atomic E-state index is 0.157. The van der Waals surface area contributed by atoms with E-state index in [1.807, 2.05) is 18.9 Å². The van der Waals surface area contributed by atoms with Gasteiger partial charge in [-0.3, -0.25) is 9.59 Å². The van der Waals surface area contributed by atoms with Crippen molar-refractivity contribution < 1.29 is 18.4 Å². The molecule has 10 heteroatoms. The van der Waals surface area contributed by atoms with Gasteiger partial charge < -0.3 is 25.4 Å². The van der Waals surface area contributed by atoms with E-state index in [1.165, 1.54) is 18.2 Å². The fourth-order valence-electron chi connectivity index (χ4n) is 5.31. The highest BCUT2D eigenvalue weighted by atomic mass is 19.1. The monoisotopic (exact) mass is 542 g/mol. The minimum atomic E-state index is -0.557. The van der Waals surface area contributed by atoms with Crippen molar-refractivity contribution in [3.05, 3.63) is 88.7 Å². The predicted octanol–water partition coefficient (Wildman–Crippen LogP) is 4.58. The van der Waals surface area contributed by atoms with E-state index in [9.17, 15) is 14.0 Å². The van der Waals surface area contributed by atoms with Crippen molar-refractivity contribution in [1.29, 1.82) is 0 Å². The molecule has 8 nitrogen and oxygen atoms in total. The number of nitrogens with zero attached hydrogens (tertiary/aromatic N) is 3. The molecule has 0 spiro atoms. The van der Waals surface area contributed by atoms with Crippen molar-refractivity contribution in [2.24, 2.45) is 0 Å². The van der Waals surface area contributed by atoms with Crippen LogP contribution in [-0.2, 0) is 6.54 Å². The summed E-state index contributed by atoms with van der Waals surface area (Å²) in [6, 6.07) is 12.2. The molecule has 0 bridgehead atoms. The van der Waals surface area contributed by atoms with Gasteiger partial charge in [-0.2, -0.15) is 0 Å². The lowest BCUT2D eigenvalue weighted by atomic mass is 9.92. The number of H-pyrrole nitrogens is 1. The Balaban J connectivity index is 1.26. The average Bonchev–Trinajstić information content (AvgIpc) is 3.54. The van der Waals surface area contributed by atoms with Crippen LogP contribution in [0.25, 0.3) is 22.5 Å². The number of imidazole rings is 1. The summed E-state index contributed by atoms with van der Waals surface area (Å²) >= 11 is 0. The number of aromatic amines is 1. The molecule has 1 fully saturated rings. The number of nitrogens with one attached hydrogen (secondary N) is 3. The molecule has 1 aromatic heterocycles. The first-order valence-corrected chi connectivity index (χ1v) is 13.1. The van der Waals surface area contributed by atoms with E-state index in [0.29, 0.717) is 39.3 Å². The SMILES string of the molecule is Cc1cnc(-c2ccc(-c3ccc(NC(=O)c4cc(F)cc(N5CCN(C)CC5)c4)cc3F)c3c2C(=O)NC3)[nH]1. The molecule has 0 radical (unpaired) electrons. The summed E-state index contributed by atoms with van der Waals surface area (Å²) in [6.07, 6.45) is 1.69. The van der Waals surface area contributed by atoms with Gasteiger partial charge in [0.25, 0.3) is 11.8 Å². The van der Waals surface area contributed by atoms with E-state index in [2.05, 4.69) is 25.5 Å². The lowest BCUT2D eigenvalue weighted by molar-refractivity contribution is 0.0965. The first kappa shape index (κ1) is 25.7. The lowest BCUT2D eigenvalue weighted by Crippen LogP contribution is -2.44. The summed E-state index contributed by atoms with van der Waals surface area (Å²) in [5.41, 5.74) is 4.59. The molecule has 0 aliphatic carbocycles. The normalized spacial score (nSPS) is 15.2. The Bertz CT molecular complexity index is 1640. The number of carbonyl (C=O) groups is 2. The average molecular weight is 543 g/mol. The minimum Gasteiger partial charge on any atom is -0.369 e. The third kappa shape index (κ3) is 4.82. The number of rotatable bonds is 5. The van der Waals surface area contributed by atoms with E-state index in [1.54, 1.807) is 36.5 Å². The Morgan fingerprint density at radius 3 is 2.45 bits per heavy atom. The van der Waals surface area contributed by atoms with Gasteiger partial charge in [0.15, 0.2) is 0 Å². The van der Waals surface area contributed by atoms with Gasteiger partial charge >= 0.3 is 0 Å². The van der Waals surface area contributed by atoms with Crippen molar-refractivity contribution in [2.45, 2.75) is 13.5 Å². The number of carbonyl (C=O) groups excluding carboxylic acids is 2. The van der Waals surface area contributed by atoms with Gasteiger partial charge in [-0.25, -0.2) is 13.8 Å². The lowest BCUT2D eigenvalue weighted by Gasteiger charge is -2.34. The van der Waals surface area contributed by atoms with Crippen molar-refractivity contribution in [3.8, 4) is 22.5 Å². The second kappa shape index (κ2) is 10.2. The highest BCUT2D eigenvalue weighted by molar-refractivity contribution is 6.06. The van der Waals surface area contributed by atoms with E-state index in [-0.39, 0.29) is 23.7 Å². The molecule has 204 valence electrons. The Labute approximate surface area is 230 Å². The molecule has 0 atom stereocenters.